The summed E-state index contributed by atoms with van der Waals surface area (Å²) in [6.45, 7) is 1.12. The summed E-state index contributed by atoms with van der Waals surface area (Å²) >= 11 is 0. The second-order valence-electron chi connectivity index (χ2n) is 5.29. The Hall–Kier alpha value is -2.43. The van der Waals surface area contributed by atoms with Crippen LogP contribution >= 0.6 is 0 Å². The molecule has 1 aromatic carbocycles. The molecule has 2 heterocycles. The van der Waals surface area contributed by atoms with Crippen LogP contribution in [0.3, 0.4) is 0 Å². The van der Waals surface area contributed by atoms with Crippen LogP contribution < -0.4 is 4.74 Å². The van der Waals surface area contributed by atoms with Gasteiger partial charge < -0.3 is 9.14 Å². The monoisotopic (exact) mass is 302 g/mol. The number of aryl methyl sites for hydroxylation is 2. The third kappa shape index (κ3) is 2.93. The first kappa shape index (κ1) is 14.5. The number of halogens is 2. The fraction of sp³-hybridized carbons (Fsp3) is 0.235. The van der Waals surface area contributed by atoms with Crippen molar-refractivity contribution in [3.63, 3.8) is 0 Å². The summed E-state index contributed by atoms with van der Waals surface area (Å²) in [6.07, 6.45) is 4.46. The smallest absolute Gasteiger partial charge is 0.387 e. The first-order chi connectivity index (χ1) is 10.5. The van der Waals surface area contributed by atoms with Crippen molar-refractivity contribution >= 4 is 5.65 Å². The highest BCUT2D eigenvalue weighted by Crippen LogP contribution is 2.25. The van der Waals surface area contributed by atoms with Crippen LogP contribution in [0.2, 0.25) is 0 Å². The molecule has 0 aliphatic carbocycles. The first-order valence-corrected chi connectivity index (χ1v) is 7.00. The van der Waals surface area contributed by atoms with Crippen molar-refractivity contribution in [1.82, 2.24) is 9.38 Å². The van der Waals surface area contributed by atoms with Crippen molar-refractivity contribution in [1.29, 1.82) is 0 Å². The maximum absolute atomic E-state index is 12.5. The molecule has 0 aliphatic heterocycles. The Balaban J connectivity index is 1.97. The molecule has 0 N–H and O–H groups in total. The molecule has 0 spiro atoms. The van der Waals surface area contributed by atoms with Gasteiger partial charge in [-0.2, -0.15) is 8.78 Å². The minimum Gasteiger partial charge on any atom is -0.435 e. The number of rotatable bonds is 4. The Labute approximate surface area is 127 Å². The fourth-order valence-electron chi connectivity index (χ4n) is 2.55. The number of alkyl halides is 2. The van der Waals surface area contributed by atoms with Gasteiger partial charge in [0.25, 0.3) is 0 Å². The van der Waals surface area contributed by atoms with Crippen molar-refractivity contribution in [2.75, 3.05) is 0 Å². The number of nitrogens with zero attached hydrogens (tertiary/aromatic N) is 2. The highest BCUT2D eigenvalue weighted by molar-refractivity contribution is 5.47. The molecule has 22 heavy (non-hydrogen) atoms. The van der Waals surface area contributed by atoms with Crippen LogP contribution in [0.1, 0.15) is 22.4 Å². The minimum atomic E-state index is -2.82. The summed E-state index contributed by atoms with van der Waals surface area (Å²) in [6, 6.07) is 8.88. The van der Waals surface area contributed by atoms with Crippen LogP contribution in [0.5, 0.6) is 5.75 Å². The molecular formula is C17H16F2N2O. The molecular weight excluding hydrogens is 286 g/mol. The average Bonchev–Trinajstić information content (AvgIpc) is 2.80. The lowest BCUT2D eigenvalue weighted by Crippen LogP contribution is -2.05. The second-order valence-corrected chi connectivity index (χ2v) is 5.29. The van der Waals surface area contributed by atoms with E-state index in [-0.39, 0.29) is 5.75 Å². The van der Waals surface area contributed by atoms with Gasteiger partial charge in [-0.25, -0.2) is 4.98 Å². The topological polar surface area (TPSA) is 26.5 Å². The number of imidazole rings is 1. The first-order valence-electron chi connectivity index (χ1n) is 7.00. The molecule has 114 valence electrons. The number of benzene rings is 1. The number of pyridine rings is 1. The van der Waals surface area contributed by atoms with E-state index in [4.69, 9.17) is 0 Å². The normalized spacial score (nSPS) is 11.3. The van der Waals surface area contributed by atoms with Gasteiger partial charge in [-0.05, 0) is 42.7 Å². The molecule has 0 fully saturated rings. The highest BCUT2D eigenvalue weighted by Gasteiger charge is 2.11. The van der Waals surface area contributed by atoms with Crippen LogP contribution in [-0.2, 0) is 6.42 Å². The van der Waals surface area contributed by atoms with Gasteiger partial charge in [0.05, 0.1) is 5.69 Å². The Bertz CT molecular complexity index is 812. The molecule has 3 rings (SSSR count). The van der Waals surface area contributed by atoms with Crippen molar-refractivity contribution in [2.45, 2.75) is 26.9 Å². The van der Waals surface area contributed by atoms with Crippen molar-refractivity contribution in [3.05, 3.63) is 65.1 Å². The van der Waals surface area contributed by atoms with E-state index in [1.54, 1.807) is 18.2 Å². The third-order valence-electron chi connectivity index (χ3n) is 3.60. The van der Waals surface area contributed by atoms with Gasteiger partial charge >= 0.3 is 6.61 Å². The zero-order valence-corrected chi connectivity index (χ0v) is 12.4. The van der Waals surface area contributed by atoms with E-state index in [1.807, 2.05) is 42.8 Å². The summed E-state index contributed by atoms with van der Waals surface area (Å²) in [5, 5.41) is 0. The third-order valence-corrected chi connectivity index (χ3v) is 3.60. The predicted octanol–water partition coefficient (Wildman–Crippen LogP) is 4.14. The Morgan fingerprint density at radius 3 is 2.68 bits per heavy atom. The summed E-state index contributed by atoms with van der Waals surface area (Å²) in [4.78, 5) is 4.42. The van der Waals surface area contributed by atoms with Gasteiger partial charge in [0.1, 0.15) is 11.4 Å². The van der Waals surface area contributed by atoms with Gasteiger partial charge in [-0.3, -0.25) is 0 Å². The van der Waals surface area contributed by atoms with Gasteiger partial charge in [-0.15, -0.1) is 0 Å². The summed E-state index contributed by atoms with van der Waals surface area (Å²) < 4.78 is 31.5. The van der Waals surface area contributed by atoms with E-state index in [1.165, 1.54) is 0 Å². The van der Waals surface area contributed by atoms with E-state index in [0.29, 0.717) is 6.42 Å². The second kappa shape index (κ2) is 5.75. The highest BCUT2D eigenvalue weighted by atomic mass is 19.3. The maximum atomic E-state index is 12.5. The average molecular weight is 302 g/mol. The summed E-state index contributed by atoms with van der Waals surface area (Å²) in [5.74, 6) is 0.221. The number of para-hydroxylation sites is 1. The van der Waals surface area contributed by atoms with Crippen molar-refractivity contribution < 1.29 is 13.5 Å². The lowest BCUT2D eigenvalue weighted by molar-refractivity contribution is -0.0503. The molecule has 2 aromatic heterocycles. The van der Waals surface area contributed by atoms with E-state index in [9.17, 15) is 8.78 Å². The zero-order valence-electron chi connectivity index (χ0n) is 12.4. The van der Waals surface area contributed by atoms with Gasteiger partial charge in [0, 0.05) is 18.8 Å². The lowest BCUT2D eigenvalue weighted by Gasteiger charge is -2.12. The summed E-state index contributed by atoms with van der Waals surface area (Å²) in [5.41, 5.74) is 4.69. The minimum absolute atomic E-state index is 0.221. The predicted molar refractivity (Wildman–Crippen MR) is 80.5 cm³/mol. The summed E-state index contributed by atoms with van der Waals surface area (Å²) in [7, 11) is 0. The van der Waals surface area contributed by atoms with Gasteiger partial charge in [0.2, 0.25) is 0 Å². The van der Waals surface area contributed by atoms with Crippen LogP contribution in [0.15, 0.2) is 42.7 Å². The number of hydrogen-bond acceptors (Lipinski definition) is 2. The quantitative estimate of drug-likeness (QED) is 0.724. The molecule has 0 atom stereocenters. The van der Waals surface area contributed by atoms with Gasteiger partial charge in [0.15, 0.2) is 0 Å². The maximum Gasteiger partial charge on any atom is 0.387 e. The molecule has 0 radical (unpaired) electrons. The molecule has 0 amide bonds. The van der Waals surface area contributed by atoms with Crippen LogP contribution in [-0.4, -0.2) is 16.0 Å². The number of ether oxygens (including phenoxy) is 1. The molecule has 0 bridgehead atoms. The van der Waals surface area contributed by atoms with E-state index < -0.39 is 6.61 Å². The molecule has 3 nitrogen and oxygen atoms in total. The standard InChI is InChI=1S/C17H16F2N2O/c1-11-7-16-20-12(2)9-21(16)10-14(11)8-13-5-3-4-6-15(13)22-17(18)19/h3-7,9-10,17H,8H2,1-2H3. The van der Waals surface area contributed by atoms with Crippen LogP contribution in [0.25, 0.3) is 5.65 Å². The van der Waals surface area contributed by atoms with Crippen LogP contribution in [0, 0.1) is 13.8 Å². The zero-order chi connectivity index (χ0) is 15.7. The largest absolute Gasteiger partial charge is 0.435 e. The van der Waals surface area contributed by atoms with E-state index in [2.05, 4.69) is 9.72 Å². The van der Waals surface area contributed by atoms with E-state index in [0.717, 1.165) is 28.0 Å². The Morgan fingerprint density at radius 2 is 1.91 bits per heavy atom. The number of hydrogen-bond donors (Lipinski definition) is 0. The number of aromatic nitrogens is 2. The van der Waals surface area contributed by atoms with Crippen LogP contribution in [0.4, 0.5) is 8.78 Å². The molecule has 5 heteroatoms. The molecule has 3 aromatic rings. The van der Waals surface area contributed by atoms with Gasteiger partial charge in [-0.1, -0.05) is 18.2 Å². The molecule has 0 saturated heterocycles. The number of fused-ring (bicyclic) bond motifs is 1. The SMILES string of the molecule is Cc1cn2cc(Cc3ccccc3OC(F)F)c(C)cc2n1. The molecule has 0 aliphatic rings. The van der Waals surface area contributed by atoms with E-state index >= 15 is 0 Å². The Kier molecular flexibility index (Phi) is 3.79. The molecule has 0 saturated carbocycles. The molecule has 0 unspecified atom stereocenters. The fourth-order valence-corrected chi connectivity index (χ4v) is 2.55. The van der Waals surface area contributed by atoms with Crippen molar-refractivity contribution in [2.24, 2.45) is 0 Å². The van der Waals surface area contributed by atoms with Crippen molar-refractivity contribution in [3.8, 4) is 5.75 Å². The Morgan fingerprint density at radius 1 is 1.14 bits per heavy atom. The lowest BCUT2D eigenvalue weighted by atomic mass is 10.0.